The highest BCUT2D eigenvalue weighted by atomic mass is 16.6. The summed E-state index contributed by atoms with van der Waals surface area (Å²) >= 11 is 0. The summed E-state index contributed by atoms with van der Waals surface area (Å²) in [6, 6.07) is 4.05. The van der Waals surface area contributed by atoms with Crippen LogP contribution in [-0.4, -0.2) is 34.3 Å². The van der Waals surface area contributed by atoms with Crippen LogP contribution < -0.4 is 5.32 Å². The SMILES string of the molecule is CC(CO)CNc1cccc(C(=O)O)c1[N+](=O)[O-]. The van der Waals surface area contributed by atoms with Crippen LogP contribution in [0.15, 0.2) is 18.2 Å². The highest BCUT2D eigenvalue weighted by Gasteiger charge is 2.24. The van der Waals surface area contributed by atoms with Gasteiger partial charge in [0.1, 0.15) is 11.3 Å². The molecule has 1 atom stereocenters. The monoisotopic (exact) mass is 254 g/mol. The van der Waals surface area contributed by atoms with Gasteiger partial charge < -0.3 is 15.5 Å². The van der Waals surface area contributed by atoms with E-state index in [0.29, 0.717) is 6.54 Å². The Balaban J connectivity index is 3.07. The molecule has 0 aliphatic carbocycles. The van der Waals surface area contributed by atoms with E-state index >= 15 is 0 Å². The van der Waals surface area contributed by atoms with Crippen molar-refractivity contribution in [2.24, 2.45) is 5.92 Å². The first kappa shape index (κ1) is 13.9. The molecule has 0 spiro atoms. The number of hydrogen-bond acceptors (Lipinski definition) is 5. The summed E-state index contributed by atoms with van der Waals surface area (Å²) in [7, 11) is 0. The van der Waals surface area contributed by atoms with Gasteiger partial charge in [0.25, 0.3) is 0 Å². The molecule has 0 radical (unpaired) electrons. The highest BCUT2D eigenvalue weighted by Crippen LogP contribution is 2.28. The first-order valence-electron chi connectivity index (χ1n) is 5.32. The molecule has 0 aliphatic rings. The number of nitrogens with one attached hydrogen (secondary N) is 1. The summed E-state index contributed by atoms with van der Waals surface area (Å²) in [5, 5.41) is 31.4. The van der Waals surface area contributed by atoms with Gasteiger partial charge >= 0.3 is 11.7 Å². The van der Waals surface area contributed by atoms with Crippen molar-refractivity contribution < 1.29 is 19.9 Å². The minimum Gasteiger partial charge on any atom is -0.477 e. The zero-order valence-corrected chi connectivity index (χ0v) is 9.79. The van der Waals surface area contributed by atoms with Gasteiger partial charge in [-0.2, -0.15) is 0 Å². The smallest absolute Gasteiger partial charge is 0.342 e. The molecule has 0 aliphatic heterocycles. The predicted octanol–water partition coefficient (Wildman–Crippen LogP) is 1.33. The van der Waals surface area contributed by atoms with Gasteiger partial charge in [-0.15, -0.1) is 0 Å². The lowest BCUT2D eigenvalue weighted by Crippen LogP contribution is -2.16. The van der Waals surface area contributed by atoms with Crippen LogP contribution in [0.2, 0.25) is 0 Å². The number of nitro groups is 1. The Morgan fingerprint density at radius 1 is 1.56 bits per heavy atom. The molecule has 98 valence electrons. The second kappa shape index (κ2) is 5.97. The summed E-state index contributed by atoms with van der Waals surface area (Å²) in [5.74, 6) is -1.43. The number of aromatic carboxylic acids is 1. The van der Waals surface area contributed by atoms with E-state index in [1.54, 1.807) is 6.92 Å². The minimum atomic E-state index is -1.35. The van der Waals surface area contributed by atoms with Gasteiger partial charge in [-0.1, -0.05) is 13.0 Å². The number of carboxylic acid groups (broad SMARTS) is 1. The maximum Gasteiger partial charge on any atom is 0.342 e. The number of aliphatic hydroxyl groups is 1. The van der Waals surface area contributed by atoms with Crippen molar-refractivity contribution in [3.8, 4) is 0 Å². The Kier molecular flexibility index (Phi) is 4.61. The third-order valence-corrected chi connectivity index (χ3v) is 2.40. The molecule has 1 aromatic rings. The van der Waals surface area contributed by atoms with Crippen LogP contribution in [0, 0.1) is 16.0 Å². The molecule has 0 fully saturated rings. The first-order valence-corrected chi connectivity index (χ1v) is 5.32. The van der Waals surface area contributed by atoms with Gasteiger partial charge in [0.05, 0.1) is 4.92 Å². The van der Waals surface area contributed by atoms with Gasteiger partial charge in [-0.25, -0.2) is 4.79 Å². The number of benzene rings is 1. The fourth-order valence-corrected chi connectivity index (χ4v) is 1.40. The molecular formula is C11H14N2O5. The molecule has 3 N–H and O–H groups in total. The van der Waals surface area contributed by atoms with E-state index in [4.69, 9.17) is 10.2 Å². The Labute approximate surface area is 103 Å². The van der Waals surface area contributed by atoms with E-state index in [0.717, 1.165) is 0 Å². The molecule has 1 unspecified atom stereocenters. The van der Waals surface area contributed by atoms with Crippen molar-refractivity contribution in [3.63, 3.8) is 0 Å². The number of rotatable bonds is 6. The summed E-state index contributed by atoms with van der Waals surface area (Å²) in [6.45, 7) is 2.03. The van der Waals surface area contributed by atoms with Crippen molar-refractivity contribution >= 4 is 17.3 Å². The number of carboxylic acids is 1. The number of anilines is 1. The second-order valence-electron chi connectivity index (χ2n) is 3.93. The number of hydrogen-bond donors (Lipinski definition) is 3. The van der Waals surface area contributed by atoms with Gasteiger partial charge in [-0.05, 0) is 18.1 Å². The molecular weight excluding hydrogens is 240 g/mol. The number of nitrogens with zero attached hydrogens (tertiary/aromatic N) is 1. The van der Waals surface area contributed by atoms with Crippen LogP contribution >= 0.6 is 0 Å². The summed E-state index contributed by atoms with van der Waals surface area (Å²) in [5.41, 5.74) is -0.683. The summed E-state index contributed by atoms with van der Waals surface area (Å²) in [6.07, 6.45) is 0. The minimum absolute atomic E-state index is 0.0561. The molecule has 0 amide bonds. The van der Waals surface area contributed by atoms with E-state index in [1.165, 1.54) is 18.2 Å². The molecule has 7 heteroatoms. The number of para-hydroxylation sites is 1. The van der Waals surface area contributed by atoms with Crippen molar-refractivity contribution in [2.75, 3.05) is 18.5 Å². The van der Waals surface area contributed by atoms with Gasteiger partial charge in [0.2, 0.25) is 0 Å². The van der Waals surface area contributed by atoms with Crippen LogP contribution in [0.5, 0.6) is 0 Å². The zero-order chi connectivity index (χ0) is 13.7. The Bertz CT molecular complexity index is 461. The van der Waals surface area contributed by atoms with Crippen LogP contribution in [0.3, 0.4) is 0 Å². The van der Waals surface area contributed by atoms with E-state index < -0.39 is 16.6 Å². The van der Waals surface area contributed by atoms with Crippen molar-refractivity contribution in [2.45, 2.75) is 6.92 Å². The fraction of sp³-hybridized carbons (Fsp3) is 0.364. The Hall–Kier alpha value is -2.15. The lowest BCUT2D eigenvalue weighted by Gasteiger charge is -2.11. The lowest BCUT2D eigenvalue weighted by atomic mass is 10.1. The molecule has 0 aromatic heterocycles. The molecule has 0 saturated carbocycles. The van der Waals surface area contributed by atoms with Crippen molar-refractivity contribution in [1.82, 2.24) is 0 Å². The van der Waals surface area contributed by atoms with Crippen LogP contribution in [-0.2, 0) is 0 Å². The van der Waals surface area contributed by atoms with Gasteiger partial charge in [-0.3, -0.25) is 10.1 Å². The largest absolute Gasteiger partial charge is 0.477 e. The molecule has 18 heavy (non-hydrogen) atoms. The third kappa shape index (κ3) is 3.17. The van der Waals surface area contributed by atoms with Crippen molar-refractivity contribution in [3.05, 3.63) is 33.9 Å². The summed E-state index contributed by atoms with van der Waals surface area (Å²) in [4.78, 5) is 21.1. The maximum absolute atomic E-state index is 10.9. The fourth-order valence-electron chi connectivity index (χ4n) is 1.40. The van der Waals surface area contributed by atoms with E-state index in [2.05, 4.69) is 5.32 Å². The zero-order valence-electron chi connectivity index (χ0n) is 9.79. The standard InChI is InChI=1S/C11H14N2O5/c1-7(6-14)5-12-9-4-2-3-8(11(15)16)10(9)13(17)18/h2-4,7,12,14H,5-6H2,1H3,(H,15,16). The van der Waals surface area contributed by atoms with Crippen LogP contribution in [0.4, 0.5) is 11.4 Å². The number of aliphatic hydroxyl groups excluding tert-OH is 1. The average molecular weight is 254 g/mol. The number of nitro benzene ring substituents is 1. The van der Waals surface area contributed by atoms with Gasteiger partial charge in [0, 0.05) is 13.2 Å². The Morgan fingerprint density at radius 2 is 2.22 bits per heavy atom. The topological polar surface area (TPSA) is 113 Å². The van der Waals surface area contributed by atoms with Crippen LogP contribution in [0.25, 0.3) is 0 Å². The molecule has 0 bridgehead atoms. The van der Waals surface area contributed by atoms with Gasteiger partial charge in [0.15, 0.2) is 0 Å². The van der Waals surface area contributed by atoms with Crippen LogP contribution in [0.1, 0.15) is 17.3 Å². The quantitative estimate of drug-likeness (QED) is 0.521. The molecule has 0 heterocycles. The normalized spacial score (nSPS) is 11.9. The molecule has 1 aromatic carbocycles. The third-order valence-electron chi connectivity index (χ3n) is 2.40. The summed E-state index contributed by atoms with van der Waals surface area (Å²) < 4.78 is 0. The van der Waals surface area contributed by atoms with E-state index in [9.17, 15) is 14.9 Å². The maximum atomic E-state index is 10.9. The average Bonchev–Trinajstić information content (AvgIpc) is 2.34. The molecule has 1 rings (SSSR count). The lowest BCUT2D eigenvalue weighted by molar-refractivity contribution is -0.384. The molecule has 7 nitrogen and oxygen atoms in total. The first-order chi connectivity index (χ1) is 8.47. The van der Waals surface area contributed by atoms with Crippen molar-refractivity contribution in [1.29, 1.82) is 0 Å². The van der Waals surface area contributed by atoms with E-state index in [1.807, 2.05) is 0 Å². The number of carbonyl (C=O) groups is 1. The molecule has 0 saturated heterocycles. The van der Waals surface area contributed by atoms with E-state index in [-0.39, 0.29) is 23.8 Å². The second-order valence-corrected chi connectivity index (χ2v) is 3.93. The predicted molar refractivity (Wildman–Crippen MR) is 64.8 cm³/mol. The highest BCUT2D eigenvalue weighted by molar-refractivity contribution is 5.95. The Morgan fingerprint density at radius 3 is 2.72 bits per heavy atom.